The maximum atomic E-state index is 8.20. The molecule has 2 N–H and O–H groups in total. The van der Waals surface area contributed by atoms with Crippen molar-refractivity contribution in [2.24, 2.45) is 5.92 Å². The lowest BCUT2D eigenvalue weighted by atomic mass is 10.1. The maximum absolute atomic E-state index is 8.20. The first kappa shape index (κ1) is 8.94. The molecule has 0 unspecified atom stereocenters. The van der Waals surface area contributed by atoms with Crippen molar-refractivity contribution in [2.45, 2.75) is 20.3 Å². The topological polar surface area (TPSA) is 49.7 Å². The summed E-state index contributed by atoms with van der Waals surface area (Å²) in [6.45, 7) is 4.51. The highest BCUT2D eigenvalue weighted by Crippen LogP contribution is 1.98. The molecule has 4 heteroatoms. The smallest absolute Gasteiger partial charge is 0.402 e. The molecule has 0 saturated heterocycles. The molecule has 0 aliphatic rings. The van der Waals surface area contributed by atoms with Crippen LogP contribution in [0.15, 0.2) is 0 Å². The van der Waals surface area contributed by atoms with E-state index in [2.05, 4.69) is 4.65 Å². The molecular weight excluding hydrogens is 119 g/mol. The zero-order chi connectivity index (χ0) is 7.28. The summed E-state index contributed by atoms with van der Waals surface area (Å²) >= 11 is 0. The molecule has 0 aliphatic carbocycles. The lowest BCUT2D eigenvalue weighted by molar-refractivity contribution is 0.176. The lowest BCUT2D eigenvalue weighted by Gasteiger charge is -2.03. The summed E-state index contributed by atoms with van der Waals surface area (Å²) in [5.74, 6) is 0.545. The molecular formula is C5H13BO3. The zero-order valence-electron chi connectivity index (χ0n) is 5.87. The Labute approximate surface area is 55.8 Å². The second-order valence-corrected chi connectivity index (χ2v) is 2.38. The molecule has 0 fully saturated rings. The van der Waals surface area contributed by atoms with Gasteiger partial charge in [0, 0.05) is 6.61 Å². The predicted octanol–water partition coefficient (Wildman–Crippen LogP) is 0.0186. The van der Waals surface area contributed by atoms with Gasteiger partial charge in [-0.05, 0) is 12.3 Å². The van der Waals surface area contributed by atoms with Crippen molar-refractivity contribution in [1.82, 2.24) is 0 Å². The Balaban J connectivity index is 2.91. The summed E-state index contributed by atoms with van der Waals surface area (Å²) in [5.41, 5.74) is 0. The van der Waals surface area contributed by atoms with E-state index >= 15 is 0 Å². The Morgan fingerprint density at radius 1 is 1.44 bits per heavy atom. The van der Waals surface area contributed by atoms with E-state index < -0.39 is 7.32 Å². The molecule has 0 heterocycles. The maximum Gasteiger partial charge on any atom is 0.633 e. The highest BCUT2D eigenvalue weighted by Gasteiger charge is 2.07. The SMILES string of the molecule is CC(C)CCOB(O)O. The largest absolute Gasteiger partial charge is 0.633 e. The Kier molecular flexibility index (Phi) is 4.76. The fraction of sp³-hybridized carbons (Fsp3) is 1.00. The van der Waals surface area contributed by atoms with Gasteiger partial charge in [-0.3, -0.25) is 0 Å². The molecule has 3 nitrogen and oxygen atoms in total. The summed E-state index contributed by atoms with van der Waals surface area (Å²) in [5, 5.41) is 16.4. The summed E-state index contributed by atoms with van der Waals surface area (Å²) in [4.78, 5) is 0. The third-order valence-electron chi connectivity index (χ3n) is 0.962. The van der Waals surface area contributed by atoms with Crippen LogP contribution in [-0.4, -0.2) is 24.0 Å². The summed E-state index contributed by atoms with van der Waals surface area (Å²) in [7, 11) is -1.61. The average molecular weight is 132 g/mol. The third-order valence-corrected chi connectivity index (χ3v) is 0.962. The van der Waals surface area contributed by atoms with Gasteiger partial charge in [-0.2, -0.15) is 0 Å². The molecule has 0 spiro atoms. The van der Waals surface area contributed by atoms with Gasteiger partial charge in [0.05, 0.1) is 0 Å². The van der Waals surface area contributed by atoms with Crippen molar-refractivity contribution >= 4 is 7.32 Å². The van der Waals surface area contributed by atoms with Gasteiger partial charge >= 0.3 is 7.32 Å². The number of rotatable bonds is 4. The standard InChI is InChI=1S/C5H13BO3/c1-5(2)3-4-9-6(7)8/h5,7-8H,3-4H2,1-2H3. The van der Waals surface area contributed by atoms with E-state index in [9.17, 15) is 0 Å². The van der Waals surface area contributed by atoms with Gasteiger partial charge in [-0.25, -0.2) is 0 Å². The molecule has 0 aliphatic heterocycles. The molecule has 0 rings (SSSR count). The van der Waals surface area contributed by atoms with Crippen LogP contribution in [0, 0.1) is 5.92 Å². The van der Waals surface area contributed by atoms with Crippen molar-refractivity contribution in [2.75, 3.05) is 6.61 Å². The van der Waals surface area contributed by atoms with E-state index in [-0.39, 0.29) is 0 Å². The van der Waals surface area contributed by atoms with Gasteiger partial charge < -0.3 is 14.7 Å². The van der Waals surface area contributed by atoms with Crippen LogP contribution in [0.5, 0.6) is 0 Å². The fourth-order valence-electron chi connectivity index (χ4n) is 0.409. The Morgan fingerprint density at radius 3 is 2.33 bits per heavy atom. The highest BCUT2D eigenvalue weighted by atomic mass is 16.6. The van der Waals surface area contributed by atoms with Crippen molar-refractivity contribution in [1.29, 1.82) is 0 Å². The zero-order valence-corrected chi connectivity index (χ0v) is 5.87. The van der Waals surface area contributed by atoms with Gasteiger partial charge in [-0.15, -0.1) is 0 Å². The van der Waals surface area contributed by atoms with Gasteiger partial charge in [0.15, 0.2) is 0 Å². The number of hydrogen-bond acceptors (Lipinski definition) is 3. The Morgan fingerprint density at radius 2 is 2.00 bits per heavy atom. The van der Waals surface area contributed by atoms with Gasteiger partial charge in [0.25, 0.3) is 0 Å². The second kappa shape index (κ2) is 4.79. The third kappa shape index (κ3) is 7.94. The van der Waals surface area contributed by atoms with E-state index in [0.717, 1.165) is 6.42 Å². The fourth-order valence-corrected chi connectivity index (χ4v) is 0.409. The van der Waals surface area contributed by atoms with Gasteiger partial charge in [-0.1, -0.05) is 13.8 Å². The number of hydrogen-bond donors (Lipinski definition) is 2. The highest BCUT2D eigenvalue weighted by molar-refractivity contribution is 6.32. The molecule has 0 bridgehead atoms. The quantitative estimate of drug-likeness (QED) is 0.530. The van der Waals surface area contributed by atoms with E-state index in [1.54, 1.807) is 0 Å². The molecule has 0 aromatic carbocycles. The van der Waals surface area contributed by atoms with E-state index in [4.69, 9.17) is 10.0 Å². The van der Waals surface area contributed by atoms with Gasteiger partial charge in [0.1, 0.15) is 0 Å². The minimum absolute atomic E-state index is 0.412. The normalized spacial score (nSPS) is 10.3. The lowest BCUT2D eigenvalue weighted by Crippen LogP contribution is -2.18. The molecule has 0 aromatic rings. The first-order chi connectivity index (χ1) is 4.13. The van der Waals surface area contributed by atoms with Crippen molar-refractivity contribution < 1.29 is 14.7 Å². The molecule has 0 amide bonds. The Hall–Kier alpha value is -0.0551. The molecule has 0 atom stereocenters. The predicted molar refractivity (Wildman–Crippen MR) is 35.6 cm³/mol. The molecule has 9 heavy (non-hydrogen) atoms. The first-order valence-corrected chi connectivity index (χ1v) is 3.10. The van der Waals surface area contributed by atoms with Crippen LogP contribution in [0.2, 0.25) is 0 Å². The van der Waals surface area contributed by atoms with E-state index in [1.807, 2.05) is 13.8 Å². The minimum Gasteiger partial charge on any atom is -0.402 e. The van der Waals surface area contributed by atoms with Crippen LogP contribution in [0.3, 0.4) is 0 Å². The van der Waals surface area contributed by atoms with E-state index in [0.29, 0.717) is 12.5 Å². The summed E-state index contributed by atoms with van der Waals surface area (Å²) < 4.78 is 4.46. The van der Waals surface area contributed by atoms with Crippen LogP contribution in [0.4, 0.5) is 0 Å². The van der Waals surface area contributed by atoms with Crippen molar-refractivity contribution in [3.05, 3.63) is 0 Å². The van der Waals surface area contributed by atoms with Gasteiger partial charge in [0.2, 0.25) is 0 Å². The van der Waals surface area contributed by atoms with Crippen LogP contribution in [0.25, 0.3) is 0 Å². The van der Waals surface area contributed by atoms with Crippen LogP contribution >= 0.6 is 0 Å². The molecule has 0 aromatic heterocycles. The average Bonchev–Trinajstić information content (AvgIpc) is 1.63. The second-order valence-electron chi connectivity index (χ2n) is 2.38. The van der Waals surface area contributed by atoms with Crippen LogP contribution in [-0.2, 0) is 4.65 Å². The van der Waals surface area contributed by atoms with Crippen molar-refractivity contribution in [3.63, 3.8) is 0 Å². The van der Waals surface area contributed by atoms with Crippen molar-refractivity contribution in [3.8, 4) is 0 Å². The molecule has 0 radical (unpaired) electrons. The van der Waals surface area contributed by atoms with Crippen LogP contribution in [0.1, 0.15) is 20.3 Å². The molecule has 0 saturated carbocycles. The van der Waals surface area contributed by atoms with Crippen LogP contribution < -0.4 is 0 Å². The molecule has 54 valence electrons. The van der Waals surface area contributed by atoms with E-state index in [1.165, 1.54) is 0 Å². The summed E-state index contributed by atoms with van der Waals surface area (Å²) in [6.07, 6.45) is 0.859. The monoisotopic (exact) mass is 132 g/mol. The summed E-state index contributed by atoms with van der Waals surface area (Å²) in [6, 6.07) is 0. The Bertz CT molecular complexity index is 57.2. The minimum atomic E-state index is -1.61. The first-order valence-electron chi connectivity index (χ1n) is 3.10.